The molecule has 0 spiro atoms. The van der Waals surface area contributed by atoms with E-state index in [4.69, 9.17) is 0 Å². The van der Waals surface area contributed by atoms with Gasteiger partial charge < -0.3 is 5.11 Å². The number of hydrogen-bond donors (Lipinski definition) is 1. The summed E-state index contributed by atoms with van der Waals surface area (Å²) in [5, 5.41) is 9.84. The van der Waals surface area contributed by atoms with Crippen LogP contribution < -0.4 is 0 Å². The van der Waals surface area contributed by atoms with Crippen molar-refractivity contribution >= 4 is 0 Å². The molecule has 88 valence electrons. The van der Waals surface area contributed by atoms with Crippen LogP contribution in [0.3, 0.4) is 0 Å². The molecule has 0 bridgehead atoms. The first-order valence-electron chi connectivity index (χ1n) is 5.37. The van der Waals surface area contributed by atoms with E-state index in [0.717, 1.165) is 0 Å². The number of nitrogens with zero attached hydrogens (tertiary/aromatic N) is 2. The molecule has 1 N–H and O–H groups in total. The zero-order valence-electron chi connectivity index (χ0n) is 9.68. The van der Waals surface area contributed by atoms with Crippen LogP contribution in [0.2, 0.25) is 0 Å². The van der Waals surface area contributed by atoms with Gasteiger partial charge in [-0.05, 0) is 23.6 Å². The maximum absolute atomic E-state index is 13.9. The summed E-state index contributed by atoms with van der Waals surface area (Å²) in [5.41, 5.74) is 1.46. The molecule has 2 aromatic rings. The molecule has 0 aliphatic carbocycles. The molecule has 0 aliphatic rings. The molecule has 0 atom stereocenters. The molecule has 1 aromatic heterocycles. The summed E-state index contributed by atoms with van der Waals surface area (Å²) in [4.78, 5) is 7.66. The summed E-state index contributed by atoms with van der Waals surface area (Å²) in [6, 6.07) is 2.78. The lowest BCUT2D eigenvalue weighted by molar-refractivity contribution is 0.462. The number of halogens is 1. The van der Waals surface area contributed by atoms with Crippen molar-refractivity contribution in [1.82, 2.24) is 9.97 Å². The maximum Gasteiger partial charge on any atom is 0.131 e. The van der Waals surface area contributed by atoms with Gasteiger partial charge in [0, 0.05) is 23.5 Å². The summed E-state index contributed by atoms with van der Waals surface area (Å²) in [7, 11) is 0. The third-order valence-electron chi connectivity index (χ3n) is 2.61. The number of benzene rings is 1. The highest BCUT2D eigenvalue weighted by Gasteiger charge is 2.13. The van der Waals surface area contributed by atoms with Crippen LogP contribution in [-0.2, 0) is 0 Å². The average molecular weight is 232 g/mol. The van der Waals surface area contributed by atoms with Crippen molar-refractivity contribution < 1.29 is 9.50 Å². The minimum Gasteiger partial charge on any atom is -0.508 e. The van der Waals surface area contributed by atoms with Crippen LogP contribution in [0, 0.1) is 5.82 Å². The van der Waals surface area contributed by atoms with Crippen molar-refractivity contribution in [3.8, 4) is 16.9 Å². The zero-order valence-corrected chi connectivity index (χ0v) is 9.68. The largest absolute Gasteiger partial charge is 0.508 e. The fourth-order valence-electron chi connectivity index (χ4n) is 1.70. The number of hydrogen-bond acceptors (Lipinski definition) is 3. The van der Waals surface area contributed by atoms with Crippen molar-refractivity contribution in [2.45, 2.75) is 19.8 Å². The second-order valence-corrected chi connectivity index (χ2v) is 4.17. The molecule has 0 fully saturated rings. The molecule has 1 heterocycles. The highest BCUT2D eigenvalue weighted by Crippen LogP contribution is 2.32. The number of phenolic OH excluding ortho intramolecular Hbond substituents is 1. The fraction of sp³-hybridized carbons (Fsp3) is 0.231. The zero-order chi connectivity index (χ0) is 12.4. The fourth-order valence-corrected chi connectivity index (χ4v) is 1.70. The molecule has 3 nitrogen and oxygen atoms in total. The van der Waals surface area contributed by atoms with Gasteiger partial charge >= 0.3 is 0 Å². The first kappa shape index (κ1) is 11.5. The van der Waals surface area contributed by atoms with Crippen LogP contribution in [-0.4, -0.2) is 15.1 Å². The smallest absolute Gasteiger partial charge is 0.131 e. The molecule has 0 radical (unpaired) electrons. The Morgan fingerprint density at radius 2 is 1.82 bits per heavy atom. The standard InChI is InChI=1S/C13H13FN2O/c1-8(2)10-3-12(14)11(4-13(10)17)9-5-15-7-16-6-9/h3-8,17H,1-2H3. The summed E-state index contributed by atoms with van der Waals surface area (Å²) >= 11 is 0. The molecular formula is C13H13FN2O. The van der Waals surface area contributed by atoms with Crippen molar-refractivity contribution in [2.24, 2.45) is 0 Å². The van der Waals surface area contributed by atoms with E-state index in [1.165, 1.54) is 30.9 Å². The number of rotatable bonds is 2. The predicted octanol–water partition coefficient (Wildman–Crippen LogP) is 3.11. The number of phenols is 1. The maximum atomic E-state index is 13.9. The van der Waals surface area contributed by atoms with E-state index in [1.54, 1.807) is 0 Å². The topological polar surface area (TPSA) is 46.0 Å². The van der Waals surface area contributed by atoms with E-state index in [9.17, 15) is 9.50 Å². The van der Waals surface area contributed by atoms with Gasteiger partial charge in [0.05, 0.1) is 0 Å². The van der Waals surface area contributed by atoms with Gasteiger partial charge in [0.1, 0.15) is 17.9 Å². The van der Waals surface area contributed by atoms with Crippen molar-refractivity contribution in [1.29, 1.82) is 0 Å². The van der Waals surface area contributed by atoms with Gasteiger partial charge in [-0.25, -0.2) is 14.4 Å². The minimum absolute atomic E-state index is 0.0746. The molecule has 0 saturated heterocycles. The number of aromatic nitrogens is 2. The van der Waals surface area contributed by atoms with E-state index in [1.807, 2.05) is 13.8 Å². The van der Waals surface area contributed by atoms with Gasteiger partial charge in [-0.3, -0.25) is 0 Å². The molecule has 0 amide bonds. The van der Waals surface area contributed by atoms with Gasteiger partial charge in [-0.1, -0.05) is 13.8 Å². The SMILES string of the molecule is CC(C)c1cc(F)c(-c2cncnc2)cc1O. The number of aromatic hydroxyl groups is 1. The minimum atomic E-state index is -0.374. The Morgan fingerprint density at radius 1 is 1.18 bits per heavy atom. The lowest BCUT2D eigenvalue weighted by Gasteiger charge is -2.11. The van der Waals surface area contributed by atoms with E-state index in [2.05, 4.69) is 9.97 Å². The van der Waals surface area contributed by atoms with Gasteiger partial charge in [0.25, 0.3) is 0 Å². The van der Waals surface area contributed by atoms with E-state index >= 15 is 0 Å². The quantitative estimate of drug-likeness (QED) is 0.865. The Kier molecular flexibility index (Phi) is 3.04. The molecule has 0 saturated carbocycles. The lowest BCUT2D eigenvalue weighted by Crippen LogP contribution is -1.93. The molecule has 0 aliphatic heterocycles. The van der Waals surface area contributed by atoms with Gasteiger partial charge in [0.15, 0.2) is 0 Å². The van der Waals surface area contributed by atoms with E-state index in [-0.39, 0.29) is 17.5 Å². The monoisotopic (exact) mass is 232 g/mol. The molecular weight excluding hydrogens is 219 g/mol. The van der Waals surface area contributed by atoms with Gasteiger partial charge in [0.2, 0.25) is 0 Å². The first-order chi connectivity index (χ1) is 8.09. The average Bonchev–Trinajstić information content (AvgIpc) is 2.32. The summed E-state index contributed by atoms with van der Waals surface area (Å²) in [6.45, 7) is 3.81. The van der Waals surface area contributed by atoms with E-state index in [0.29, 0.717) is 16.7 Å². The van der Waals surface area contributed by atoms with Crippen molar-refractivity contribution in [3.63, 3.8) is 0 Å². The second-order valence-electron chi connectivity index (χ2n) is 4.17. The second kappa shape index (κ2) is 4.49. The highest BCUT2D eigenvalue weighted by molar-refractivity contribution is 5.65. The molecule has 4 heteroatoms. The van der Waals surface area contributed by atoms with Crippen molar-refractivity contribution in [2.75, 3.05) is 0 Å². The van der Waals surface area contributed by atoms with Crippen molar-refractivity contribution in [3.05, 3.63) is 42.2 Å². The summed E-state index contributed by atoms with van der Waals surface area (Å²) < 4.78 is 13.9. The Hall–Kier alpha value is -1.97. The van der Waals surface area contributed by atoms with Gasteiger partial charge in [-0.15, -0.1) is 0 Å². The van der Waals surface area contributed by atoms with Crippen LogP contribution in [0.4, 0.5) is 4.39 Å². The molecule has 0 unspecified atom stereocenters. The Bertz CT molecular complexity index is 526. The van der Waals surface area contributed by atoms with E-state index < -0.39 is 0 Å². The summed E-state index contributed by atoms with van der Waals surface area (Å²) in [6.07, 6.45) is 4.41. The van der Waals surface area contributed by atoms with Crippen LogP contribution in [0.1, 0.15) is 25.3 Å². The Balaban J connectivity index is 2.55. The first-order valence-corrected chi connectivity index (χ1v) is 5.37. The van der Waals surface area contributed by atoms with Crippen LogP contribution >= 0.6 is 0 Å². The molecule has 17 heavy (non-hydrogen) atoms. The third-order valence-corrected chi connectivity index (χ3v) is 2.61. The highest BCUT2D eigenvalue weighted by atomic mass is 19.1. The lowest BCUT2D eigenvalue weighted by atomic mass is 9.98. The molecule has 1 aromatic carbocycles. The molecule has 2 rings (SSSR count). The van der Waals surface area contributed by atoms with Gasteiger partial charge in [-0.2, -0.15) is 0 Å². The normalized spacial score (nSPS) is 10.8. The van der Waals surface area contributed by atoms with Crippen LogP contribution in [0.15, 0.2) is 30.9 Å². The summed E-state index contributed by atoms with van der Waals surface area (Å²) in [5.74, 6) is -0.202. The third kappa shape index (κ3) is 2.25. The Labute approximate surface area is 99.0 Å². The predicted molar refractivity (Wildman–Crippen MR) is 63.2 cm³/mol. The van der Waals surface area contributed by atoms with Crippen LogP contribution in [0.25, 0.3) is 11.1 Å². The Morgan fingerprint density at radius 3 is 2.41 bits per heavy atom. The van der Waals surface area contributed by atoms with Crippen LogP contribution in [0.5, 0.6) is 5.75 Å².